The lowest BCUT2D eigenvalue weighted by molar-refractivity contribution is 0.272. The minimum atomic E-state index is -0.0137. The molecule has 4 nitrogen and oxygen atoms in total. The molecular weight excluding hydrogens is 190 g/mol. The van der Waals surface area contributed by atoms with Gasteiger partial charge in [-0.1, -0.05) is 6.92 Å². The average Bonchev–Trinajstić information content (AvgIpc) is 2.55. The molecule has 2 aromatic heterocycles. The van der Waals surface area contributed by atoms with Gasteiger partial charge in [-0.25, -0.2) is 9.50 Å². The van der Waals surface area contributed by atoms with Crippen LogP contribution < -0.4 is 0 Å². The molecule has 0 saturated heterocycles. The van der Waals surface area contributed by atoms with Gasteiger partial charge < -0.3 is 5.11 Å². The second-order valence-electron chi connectivity index (χ2n) is 3.72. The summed E-state index contributed by atoms with van der Waals surface area (Å²) in [6.45, 7) is 5.97. The van der Waals surface area contributed by atoms with E-state index in [-0.39, 0.29) is 6.61 Å². The number of imidazole rings is 1. The van der Waals surface area contributed by atoms with E-state index < -0.39 is 0 Å². The number of rotatable bonds is 2. The Labute approximate surface area is 88.6 Å². The first kappa shape index (κ1) is 10.1. The van der Waals surface area contributed by atoms with Crippen LogP contribution in [0.5, 0.6) is 0 Å². The summed E-state index contributed by atoms with van der Waals surface area (Å²) < 4.78 is 1.75. The molecule has 80 valence electrons. The van der Waals surface area contributed by atoms with Gasteiger partial charge in [-0.2, -0.15) is 5.10 Å². The Hall–Kier alpha value is -1.42. The number of aromatic nitrogens is 3. The maximum Gasteiger partial charge on any atom is 0.157 e. The second-order valence-corrected chi connectivity index (χ2v) is 3.72. The predicted molar refractivity (Wildman–Crippen MR) is 57.8 cm³/mol. The SMILES string of the molecule is CCc1nc2c(C)cc(C)nn2c1CO. The number of aliphatic hydroxyl groups is 1. The van der Waals surface area contributed by atoms with E-state index in [2.05, 4.69) is 10.1 Å². The van der Waals surface area contributed by atoms with Crippen molar-refractivity contribution in [2.45, 2.75) is 33.8 Å². The van der Waals surface area contributed by atoms with Gasteiger partial charge in [0.1, 0.15) is 0 Å². The smallest absolute Gasteiger partial charge is 0.157 e. The summed E-state index contributed by atoms with van der Waals surface area (Å²) in [5, 5.41) is 13.7. The van der Waals surface area contributed by atoms with Crippen LogP contribution in [0.2, 0.25) is 0 Å². The normalized spacial score (nSPS) is 11.2. The van der Waals surface area contributed by atoms with Crippen LogP contribution in [0, 0.1) is 13.8 Å². The Bertz CT molecular complexity index is 502. The van der Waals surface area contributed by atoms with E-state index in [1.54, 1.807) is 4.52 Å². The van der Waals surface area contributed by atoms with E-state index in [0.717, 1.165) is 34.7 Å². The standard InChI is InChI=1S/C11H15N3O/c1-4-9-10(6-15)14-11(12-9)7(2)5-8(3)13-14/h5,15H,4,6H2,1-3H3. The lowest BCUT2D eigenvalue weighted by atomic mass is 10.3. The van der Waals surface area contributed by atoms with Crippen molar-refractivity contribution in [1.82, 2.24) is 14.6 Å². The molecule has 0 amide bonds. The number of fused-ring (bicyclic) bond motifs is 1. The highest BCUT2D eigenvalue weighted by Gasteiger charge is 2.12. The zero-order valence-electron chi connectivity index (χ0n) is 9.28. The summed E-state index contributed by atoms with van der Waals surface area (Å²) in [4.78, 5) is 4.48. The maximum absolute atomic E-state index is 9.32. The lowest BCUT2D eigenvalue weighted by Crippen LogP contribution is -2.02. The molecule has 0 aliphatic heterocycles. The number of aliphatic hydroxyl groups excluding tert-OH is 1. The molecule has 0 radical (unpaired) electrons. The van der Waals surface area contributed by atoms with E-state index in [0.29, 0.717) is 0 Å². The summed E-state index contributed by atoms with van der Waals surface area (Å²) in [5.41, 5.74) is 4.62. The Morgan fingerprint density at radius 2 is 2.13 bits per heavy atom. The van der Waals surface area contributed by atoms with Gasteiger partial charge >= 0.3 is 0 Å². The molecule has 0 spiro atoms. The Kier molecular flexibility index (Phi) is 2.44. The highest BCUT2D eigenvalue weighted by Crippen LogP contribution is 2.16. The molecular formula is C11H15N3O. The first-order chi connectivity index (χ1) is 7.17. The Morgan fingerprint density at radius 3 is 2.73 bits per heavy atom. The van der Waals surface area contributed by atoms with Crippen LogP contribution in [0.15, 0.2) is 6.07 Å². The zero-order valence-corrected chi connectivity index (χ0v) is 9.28. The molecule has 0 atom stereocenters. The summed E-state index contributed by atoms with van der Waals surface area (Å²) >= 11 is 0. The number of hydrogen-bond donors (Lipinski definition) is 1. The summed E-state index contributed by atoms with van der Waals surface area (Å²) in [6.07, 6.45) is 0.817. The van der Waals surface area contributed by atoms with Crippen LogP contribution in [0.25, 0.3) is 5.65 Å². The van der Waals surface area contributed by atoms with Crippen molar-refractivity contribution in [1.29, 1.82) is 0 Å². The quantitative estimate of drug-likeness (QED) is 0.806. The highest BCUT2D eigenvalue weighted by atomic mass is 16.3. The number of nitrogens with zero attached hydrogens (tertiary/aromatic N) is 3. The van der Waals surface area contributed by atoms with E-state index >= 15 is 0 Å². The van der Waals surface area contributed by atoms with Crippen molar-refractivity contribution in [2.24, 2.45) is 0 Å². The third-order valence-electron chi connectivity index (χ3n) is 2.55. The van der Waals surface area contributed by atoms with E-state index in [9.17, 15) is 5.11 Å². The summed E-state index contributed by atoms with van der Waals surface area (Å²) in [5.74, 6) is 0. The fourth-order valence-electron chi connectivity index (χ4n) is 1.86. The van der Waals surface area contributed by atoms with Crippen molar-refractivity contribution in [2.75, 3.05) is 0 Å². The molecule has 0 aromatic carbocycles. The van der Waals surface area contributed by atoms with E-state index in [1.807, 2.05) is 26.8 Å². The van der Waals surface area contributed by atoms with Crippen LogP contribution in [-0.2, 0) is 13.0 Å². The first-order valence-corrected chi connectivity index (χ1v) is 5.13. The monoisotopic (exact) mass is 205 g/mol. The first-order valence-electron chi connectivity index (χ1n) is 5.13. The minimum Gasteiger partial charge on any atom is -0.390 e. The third kappa shape index (κ3) is 1.51. The average molecular weight is 205 g/mol. The molecule has 0 aliphatic rings. The maximum atomic E-state index is 9.32. The van der Waals surface area contributed by atoms with Gasteiger partial charge in [0.25, 0.3) is 0 Å². The summed E-state index contributed by atoms with van der Waals surface area (Å²) in [6, 6.07) is 2.00. The van der Waals surface area contributed by atoms with Crippen molar-refractivity contribution in [3.63, 3.8) is 0 Å². The van der Waals surface area contributed by atoms with Gasteiger partial charge in [0.05, 0.1) is 23.7 Å². The van der Waals surface area contributed by atoms with Gasteiger partial charge in [0, 0.05) is 0 Å². The molecule has 2 aromatic rings. The number of aryl methyl sites for hydroxylation is 3. The lowest BCUT2D eigenvalue weighted by Gasteiger charge is -2.01. The van der Waals surface area contributed by atoms with Gasteiger partial charge in [-0.15, -0.1) is 0 Å². The molecule has 2 heterocycles. The molecule has 2 rings (SSSR count). The van der Waals surface area contributed by atoms with Crippen LogP contribution in [0.4, 0.5) is 0 Å². The molecule has 0 bridgehead atoms. The van der Waals surface area contributed by atoms with Crippen LogP contribution in [0.1, 0.15) is 29.6 Å². The van der Waals surface area contributed by atoms with Gasteiger partial charge in [0.15, 0.2) is 5.65 Å². The second kappa shape index (κ2) is 3.62. The largest absolute Gasteiger partial charge is 0.390 e. The topological polar surface area (TPSA) is 50.4 Å². The highest BCUT2D eigenvalue weighted by molar-refractivity contribution is 5.49. The van der Waals surface area contributed by atoms with Crippen molar-refractivity contribution in [3.05, 3.63) is 28.7 Å². The molecule has 0 unspecified atom stereocenters. The van der Waals surface area contributed by atoms with E-state index in [1.165, 1.54) is 0 Å². The van der Waals surface area contributed by atoms with Crippen LogP contribution in [0.3, 0.4) is 0 Å². The molecule has 15 heavy (non-hydrogen) atoms. The Balaban J connectivity index is 2.82. The molecule has 4 heteroatoms. The zero-order chi connectivity index (χ0) is 11.0. The molecule has 1 N–H and O–H groups in total. The van der Waals surface area contributed by atoms with Gasteiger partial charge in [-0.05, 0) is 31.9 Å². The summed E-state index contributed by atoms with van der Waals surface area (Å²) in [7, 11) is 0. The van der Waals surface area contributed by atoms with Crippen molar-refractivity contribution in [3.8, 4) is 0 Å². The number of hydrogen-bond acceptors (Lipinski definition) is 3. The van der Waals surface area contributed by atoms with Crippen molar-refractivity contribution < 1.29 is 5.11 Å². The fourth-order valence-corrected chi connectivity index (χ4v) is 1.86. The third-order valence-corrected chi connectivity index (χ3v) is 2.55. The van der Waals surface area contributed by atoms with Gasteiger partial charge in [-0.3, -0.25) is 0 Å². The van der Waals surface area contributed by atoms with Crippen LogP contribution >= 0.6 is 0 Å². The molecule has 0 aliphatic carbocycles. The van der Waals surface area contributed by atoms with Gasteiger partial charge in [0.2, 0.25) is 0 Å². The van der Waals surface area contributed by atoms with E-state index in [4.69, 9.17) is 0 Å². The molecule has 0 fully saturated rings. The molecule has 0 saturated carbocycles. The fraction of sp³-hybridized carbons (Fsp3) is 0.455. The van der Waals surface area contributed by atoms with Crippen LogP contribution in [-0.4, -0.2) is 19.7 Å². The Morgan fingerprint density at radius 1 is 1.40 bits per heavy atom. The predicted octanol–water partition coefficient (Wildman–Crippen LogP) is 1.40. The van der Waals surface area contributed by atoms with Crippen molar-refractivity contribution >= 4 is 5.65 Å². The minimum absolute atomic E-state index is 0.0137.